The van der Waals surface area contributed by atoms with Gasteiger partial charge in [0.1, 0.15) is 6.04 Å². The molecule has 1 aliphatic heterocycles. The molecule has 6 heteroatoms. The van der Waals surface area contributed by atoms with Gasteiger partial charge in [-0.1, -0.05) is 97.1 Å². The number of hydrogen-bond acceptors (Lipinski definition) is 4. The summed E-state index contributed by atoms with van der Waals surface area (Å²) in [5.74, 6) is 0.400. The molecule has 0 aliphatic carbocycles. The third-order valence-electron chi connectivity index (χ3n) is 6.26. The van der Waals surface area contributed by atoms with Crippen LogP contribution in [0.4, 0.5) is 0 Å². The number of β-lactam (4-membered cyclic amide) rings is 1. The van der Waals surface area contributed by atoms with Gasteiger partial charge in [-0.3, -0.25) is 9.59 Å². The zero-order valence-electron chi connectivity index (χ0n) is 19.1. The molecular formula is C29H26N2O2S2. The quantitative estimate of drug-likeness (QED) is 0.252. The first-order chi connectivity index (χ1) is 17.2. The molecule has 0 bridgehead atoms. The number of thioether (sulfide) groups is 1. The minimum atomic E-state index is -0.519. The van der Waals surface area contributed by atoms with Crippen LogP contribution in [0.2, 0.25) is 0 Å². The fraction of sp³-hybridized carbons (Fsp3) is 0.172. The second-order valence-electron chi connectivity index (χ2n) is 8.51. The van der Waals surface area contributed by atoms with E-state index in [4.69, 9.17) is 0 Å². The summed E-state index contributed by atoms with van der Waals surface area (Å²) in [5, 5.41) is 7.92. The average molecular weight is 499 g/mol. The second-order valence-corrected chi connectivity index (χ2v) is 10.8. The fourth-order valence-corrected chi connectivity index (χ4v) is 6.84. The van der Waals surface area contributed by atoms with Gasteiger partial charge in [0.2, 0.25) is 11.8 Å². The van der Waals surface area contributed by atoms with Gasteiger partial charge in [-0.05, 0) is 28.1 Å². The van der Waals surface area contributed by atoms with E-state index >= 15 is 0 Å². The van der Waals surface area contributed by atoms with Crippen LogP contribution < -0.4 is 10.6 Å². The molecule has 1 saturated heterocycles. The van der Waals surface area contributed by atoms with Crippen molar-refractivity contribution in [3.8, 4) is 0 Å². The van der Waals surface area contributed by atoms with Gasteiger partial charge in [-0.25, -0.2) is 0 Å². The van der Waals surface area contributed by atoms with E-state index in [-0.39, 0.29) is 17.9 Å². The molecule has 35 heavy (non-hydrogen) atoms. The van der Waals surface area contributed by atoms with E-state index in [1.54, 1.807) is 23.1 Å². The van der Waals surface area contributed by atoms with Crippen LogP contribution in [0.15, 0.2) is 109 Å². The first-order valence-electron chi connectivity index (χ1n) is 11.6. The van der Waals surface area contributed by atoms with Crippen LogP contribution in [0.1, 0.15) is 21.6 Å². The Labute approximate surface area is 213 Å². The zero-order valence-corrected chi connectivity index (χ0v) is 20.7. The molecule has 2 atom stereocenters. The summed E-state index contributed by atoms with van der Waals surface area (Å²) < 4.78 is -0.463. The molecule has 5 rings (SSSR count). The molecule has 4 aromatic rings. The highest BCUT2D eigenvalue weighted by atomic mass is 32.2. The molecule has 4 nitrogen and oxygen atoms in total. The van der Waals surface area contributed by atoms with Crippen LogP contribution in [0.3, 0.4) is 0 Å². The van der Waals surface area contributed by atoms with Crippen molar-refractivity contribution in [1.29, 1.82) is 0 Å². The molecule has 3 aromatic carbocycles. The SMILES string of the molecule is O=C(Cc1cccs1)N[C@@H]1C(=O)N[C@@H]1CSC(c1ccccc1)(c1ccccc1)c1ccccc1. The summed E-state index contributed by atoms with van der Waals surface area (Å²) in [4.78, 5) is 26.0. The Morgan fingerprint density at radius 3 is 1.83 bits per heavy atom. The molecule has 2 amide bonds. The Balaban J connectivity index is 1.42. The highest BCUT2D eigenvalue weighted by Crippen LogP contribution is 2.48. The minimum absolute atomic E-state index is 0.122. The van der Waals surface area contributed by atoms with Crippen LogP contribution in [0.5, 0.6) is 0 Å². The molecule has 1 aromatic heterocycles. The Morgan fingerprint density at radius 2 is 1.37 bits per heavy atom. The summed E-state index contributed by atoms with van der Waals surface area (Å²) in [6, 6.07) is 34.6. The molecule has 2 heterocycles. The summed E-state index contributed by atoms with van der Waals surface area (Å²) in [6.45, 7) is 0. The number of hydrogen-bond donors (Lipinski definition) is 2. The number of benzene rings is 3. The van der Waals surface area contributed by atoms with Gasteiger partial charge in [0.05, 0.1) is 17.2 Å². The van der Waals surface area contributed by atoms with Crippen LogP contribution in [-0.2, 0) is 20.8 Å². The topological polar surface area (TPSA) is 58.2 Å². The number of thiophene rings is 1. The maximum absolute atomic E-state index is 12.6. The van der Waals surface area contributed by atoms with Crippen molar-refractivity contribution >= 4 is 34.9 Å². The van der Waals surface area contributed by atoms with Gasteiger partial charge >= 0.3 is 0 Å². The Hall–Kier alpha value is -3.35. The van der Waals surface area contributed by atoms with Crippen molar-refractivity contribution in [1.82, 2.24) is 10.6 Å². The van der Waals surface area contributed by atoms with Crippen LogP contribution in [0.25, 0.3) is 0 Å². The van der Waals surface area contributed by atoms with Gasteiger partial charge in [-0.2, -0.15) is 0 Å². The van der Waals surface area contributed by atoms with Crippen molar-refractivity contribution in [2.24, 2.45) is 0 Å². The number of amides is 2. The van der Waals surface area contributed by atoms with Crippen molar-refractivity contribution < 1.29 is 9.59 Å². The molecule has 0 saturated carbocycles. The van der Waals surface area contributed by atoms with E-state index in [0.29, 0.717) is 12.2 Å². The minimum Gasteiger partial charge on any atom is -0.348 e. The van der Waals surface area contributed by atoms with E-state index in [0.717, 1.165) is 4.88 Å². The number of rotatable bonds is 9. The smallest absolute Gasteiger partial charge is 0.245 e. The summed E-state index contributed by atoms with van der Waals surface area (Å²) in [7, 11) is 0. The Bertz CT molecular complexity index is 1170. The second kappa shape index (κ2) is 10.5. The first kappa shape index (κ1) is 23.4. The van der Waals surface area contributed by atoms with Gasteiger partial charge in [-0.15, -0.1) is 23.1 Å². The van der Waals surface area contributed by atoms with E-state index in [2.05, 4.69) is 83.4 Å². The maximum atomic E-state index is 12.6. The lowest BCUT2D eigenvalue weighted by Crippen LogP contribution is -2.70. The van der Waals surface area contributed by atoms with Gasteiger partial charge in [0.15, 0.2) is 0 Å². The molecule has 176 valence electrons. The van der Waals surface area contributed by atoms with Crippen LogP contribution >= 0.6 is 23.1 Å². The average Bonchev–Trinajstić information content (AvgIpc) is 3.42. The number of nitrogens with one attached hydrogen (secondary N) is 2. The number of carbonyl (C=O) groups excluding carboxylic acids is 2. The Kier molecular flexibility index (Phi) is 7.02. The van der Waals surface area contributed by atoms with Crippen molar-refractivity contribution in [2.75, 3.05) is 5.75 Å². The lowest BCUT2D eigenvalue weighted by molar-refractivity contribution is -0.135. The highest BCUT2D eigenvalue weighted by Gasteiger charge is 2.44. The predicted molar refractivity (Wildman–Crippen MR) is 144 cm³/mol. The third-order valence-corrected chi connectivity index (χ3v) is 8.81. The molecular weight excluding hydrogens is 472 g/mol. The van der Waals surface area contributed by atoms with Crippen LogP contribution in [0, 0.1) is 0 Å². The third kappa shape index (κ3) is 4.90. The first-order valence-corrected chi connectivity index (χ1v) is 13.5. The summed E-state index contributed by atoms with van der Waals surface area (Å²) in [5.41, 5.74) is 3.52. The lowest BCUT2D eigenvalue weighted by Gasteiger charge is -2.41. The van der Waals surface area contributed by atoms with Gasteiger partial charge in [0.25, 0.3) is 0 Å². The van der Waals surface area contributed by atoms with Crippen molar-refractivity contribution in [2.45, 2.75) is 23.3 Å². The maximum Gasteiger partial charge on any atom is 0.245 e. The monoisotopic (exact) mass is 498 g/mol. The predicted octanol–water partition coefficient (Wildman–Crippen LogP) is 5.00. The van der Waals surface area contributed by atoms with E-state index in [1.807, 2.05) is 35.7 Å². The normalized spacial score (nSPS) is 17.3. The van der Waals surface area contributed by atoms with Crippen molar-refractivity contribution in [3.05, 3.63) is 130 Å². The molecule has 0 spiro atoms. The van der Waals surface area contributed by atoms with E-state index in [9.17, 15) is 9.59 Å². The van der Waals surface area contributed by atoms with Crippen molar-refractivity contribution in [3.63, 3.8) is 0 Å². The lowest BCUT2D eigenvalue weighted by atomic mass is 9.84. The largest absolute Gasteiger partial charge is 0.348 e. The molecule has 0 unspecified atom stereocenters. The zero-order chi connectivity index (χ0) is 24.1. The molecule has 1 aliphatic rings. The standard InChI is InChI=1S/C29H26N2O2S2/c32-26(19-24-17-10-18-34-24)31-27-25(30-28(27)33)20-35-29(21-11-4-1-5-12-21,22-13-6-2-7-14-22)23-15-8-3-9-16-23/h1-18,25,27H,19-20H2,(H,30,33)(H,31,32)/t25-,27+/m1/s1. The van der Waals surface area contributed by atoms with Gasteiger partial charge < -0.3 is 10.6 Å². The summed E-state index contributed by atoms with van der Waals surface area (Å²) in [6.07, 6.45) is 0.295. The van der Waals surface area contributed by atoms with E-state index < -0.39 is 10.8 Å². The summed E-state index contributed by atoms with van der Waals surface area (Å²) >= 11 is 3.33. The number of carbonyl (C=O) groups is 2. The van der Waals surface area contributed by atoms with E-state index in [1.165, 1.54) is 16.7 Å². The fourth-order valence-electron chi connectivity index (χ4n) is 4.53. The molecule has 0 radical (unpaired) electrons. The molecule has 2 N–H and O–H groups in total. The molecule has 1 fully saturated rings. The Morgan fingerprint density at radius 1 is 0.829 bits per heavy atom. The van der Waals surface area contributed by atoms with Crippen LogP contribution in [-0.4, -0.2) is 29.7 Å². The highest BCUT2D eigenvalue weighted by molar-refractivity contribution is 8.00. The van der Waals surface area contributed by atoms with Gasteiger partial charge in [0, 0.05) is 10.6 Å².